The van der Waals surface area contributed by atoms with E-state index < -0.39 is 38.9 Å². The number of non-ortho nitro benzene ring substituents is 1. The van der Waals surface area contributed by atoms with E-state index in [-0.39, 0.29) is 27.4 Å². The van der Waals surface area contributed by atoms with Crippen LogP contribution in [0, 0.1) is 17.0 Å². The summed E-state index contributed by atoms with van der Waals surface area (Å²) in [6.45, 7) is 0.933. The van der Waals surface area contributed by atoms with Gasteiger partial charge in [-0.1, -0.05) is 24.3 Å². The molecule has 0 atom stereocenters. The molecule has 1 N–H and O–H groups in total. The van der Waals surface area contributed by atoms with Gasteiger partial charge in [0.2, 0.25) is 0 Å². The number of carbonyl (C=O) groups excluding carboxylic acids is 2. The minimum atomic E-state index is -4.29. The standard InChI is InChI=1S/C26H22N4O8S/c1-17-24(25(32)29(28(17)2)20-8-4-3-5-9-20)27-39(36,37)22-10-6-7-19(15-22)26(33)38-16-23(31)18-11-13-21(14-12-18)30(34)35/h3-15,27H,16H2,1-2H3. The maximum atomic E-state index is 13.1. The van der Waals surface area contributed by atoms with Crippen molar-refractivity contribution in [2.24, 2.45) is 7.05 Å². The number of esters is 1. The quantitative estimate of drug-likeness (QED) is 0.144. The molecule has 0 saturated heterocycles. The van der Waals surface area contributed by atoms with Crippen LogP contribution in [0.4, 0.5) is 11.4 Å². The predicted molar refractivity (Wildman–Crippen MR) is 141 cm³/mol. The first kappa shape index (κ1) is 27.0. The summed E-state index contributed by atoms with van der Waals surface area (Å²) in [7, 11) is -2.67. The van der Waals surface area contributed by atoms with Gasteiger partial charge in [-0.3, -0.25) is 29.1 Å². The van der Waals surface area contributed by atoms with Crippen molar-refractivity contribution in [3.8, 4) is 5.69 Å². The summed E-state index contributed by atoms with van der Waals surface area (Å²) in [5, 5.41) is 10.7. The highest BCUT2D eigenvalue weighted by Crippen LogP contribution is 2.20. The first-order chi connectivity index (χ1) is 18.5. The van der Waals surface area contributed by atoms with E-state index in [1.807, 2.05) is 0 Å². The fraction of sp³-hybridized carbons (Fsp3) is 0.115. The Kier molecular flexibility index (Phi) is 7.44. The molecule has 0 unspecified atom stereocenters. The molecule has 0 fully saturated rings. The minimum absolute atomic E-state index is 0.105. The molecule has 4 rings (SSSR count). The Hall–Kier alpha value is -5.04. The lowest BCUT2D eigenvalue weighted by Crippen LogP contribution is -2.23. The molecular formula is C26H22N4O8S. The summed E-state index contributed by atoms with van der Waals surface area (Å²) in [6, 6.07) is 18.4. The first-order valence-corrected chi connectivity index (χ1v) is 12.9. The molecule has 1 aromatic heterocycles. The summed E-state index contributed by atoms with van der Waals surface area (Å²) in [4.78, 5) is 47.8. The summed E-state index contributed by atoms with van der Waals surface area (Å²) < 4.78 is 36.5. The van der Waals surface area contributed by atoms with Crippen LogP contribution >= 0.6 is 0 Å². The average Bonchev–Trinajstić information content (AvgIpc) is 3.14. The van der Waals surface area contributed by atoms with Crippen LogP contribution in [0.5, 0.6) is 0 Å². The van der Waals surface area contributed by atoms with Gasteiger partial charge in [0.1, 0.15) is 5.69 Å². The molecule has 1 heterocycles. The second-order valence-electron chi connectivity index (χ2n) is 8.37. The van der Waals surface area contributed by atoms with Crippen LogP contribution in [0.1, 0.15) is 26.4 Å². The number of ether oxygens (including phenoxy) is 1. The molecule has 4 aromatic rings. The predicted octanol–water partition coefficient (Wildman–Crippen LogP) is 3.23. The molecule has 13 heteroatoms. The van der Waals surface area contributed by atoms with E-state index in [0.29, 0.717) is 11.4 Å². The number of nitro groups is 1. The molecule has 39 heavy (non-hydrogen) atoms. The Morgan fingerprint density at radius 3 is 2.28 bits per heavy atom. The highest BCUT2D eigenvalue weighted by atomic mass is 32.2. The molecule has 0 aliphatic heterocycles. The third-order valence-electron chi connectivity index (χ3n) is 5.91. The Morgan fingerprint density at radius 1 is 0.974 bits per heavy atom. The summed E-state index contributed by atoms with van der Waals surface area (Å²) in [6.07, 6.45) is 0. The summed E-state index contributed by atoms with van der Waals surface area (Å²) >= 11 is 0. The number of hydrogen-bond donors (Lipinski definition) is 1. The number of carbonyl (C=O) groups is 2. The van der Waals surface area contributed by atoms with E-state index in [1.165, 1.54) is 39.7 Å². The van der Waals surface area contributed by atoms with Crippen molar-refractivity contribution in [3.05, 3.63) is 116 Å². The van der Waals surface area contributed by atoms with E-state index in [0.717, 1.165) is 18.2 Å². The Labute approximate surface area is 222 Å². The third kappa shape index (κ3) is 5.62. The topological polar surface area (TPSA) is 160 Å². The highest BCUT2D eigenvalue weighted by molar-refractivity contribution is 7.92. The van der Waals surface area contributed by atoms with Crippen molar-refractivity contribution in [3.63, 3.8) is 0 Å². The zero-order valence-corrected chi connectivity index (χ0v) is 21.5. The lowest BCUT2D eigenvalue weighted by molar-refractivity contribution is -0.384. The van der Waals surface area contributed by atoms with Crippen molar-refractivity contribution in [2.45, 2.75) is 11.8 Å². The van der Waals surface area contributed by atoms with Crippen molar-refractivity contribution >= 4 is 33.2 Å². The van der Waals surface area contributed by atoms with Gasteiger partial charge in [-0.2, -0.15) is 0 Å². The molecule has 0 amide bonds. The van der Waals surface area contributed by atoms with Gasteiger partial charge in [-0.15, -0.1) is 0 Å². The average molecular weight is 551 g/mol. The number of benzene rings is 3. The van der Waals surface area contributed by atoms with Gasteiger partial charge in [-0.05, 0) is 49.4 Å². The SMILES string of the molecule is Cc1c(NS(=O)(=O)c2cccc(C(=O)OCC(=O)c3ccc([N+](=O)[O-])cc3)c2)c(=O)n(-c2ccccc2)n1C. The van der Waals surface area contributed by atoms with Gasteiger partial charge in [0, 0.05) is 24.7 Å². The van der Waals surface area contributed by atoms with Gasteiger partial charge < -0.3 is 4.74 Å². The van der Waals surface area contributed by atoms with Crippen LogP contribution in [-0.4, -0.2) is 41.1 Å². The van der Waals surface area contributed by atoms with Gasteiger partial charge in [0.05, 0.1) is 26.8 Å². The molecule has 0 radical (unpaired) electrons. The van der Waals surface area contributed by atoms with Crippen LogP contribution in [0.2, 0.25) is 0 Å². The number of hydrogen-bond acceptors (Lipinski definition) is 8. The van der Waals surface area contributed by atoms with Crippen LogP contribution in [0.15, 0.2) is 88.6 Å². The number of aromatic nitrogens is 2. The van der Waals surface area contributed by atoms with Gasteiger partial charge >= 0.3 is 5.97 Å². The highest BCUT2D eigenvalue weighted by Gasteiger charge is 2.24. The van der Waals surface area contributed by atoms with E-state index in [2.05, 4.69) is 4.72 Å². The number of rotatable bonds is 9. The Morgan fingerprint density at radius 2 is 1.64 bits per heavy atom. The zero-order valence-electron chi connectivity index (χ0n) is 20.7. The fourth-order valence-corrected chi connectivity index (χ4v) is 4.90. The van der Waals surface area contributed by atoms with Crippen LogP contribution in [0.25, 0.3) is 5.69 Å². The number of anilines is 1. The first-order valence-electron chi connectivity index (χ1n) is 11.4. The lowest BCUT2D eigenvalue weighted by atomic mass is 10.1. The van der Waals surface area contributed by atoms with Crippen LogP contribution in [0.3, 0.4) is 0 Å². The van der Waals surface area contributed by atoms with Crippen molar-refractivity contribution in [1.29, 1.82) is 0 Å². The molecular weight excluding hydrogens is 528 g/mol. The molecule has 3 aromatic carbocycles. The van der Waals surface area contributed by atoms with Crippen molar-refractivity contribution < 1.29 is 27.7 Å². The smallest absolute Gasteiger partial charge is 0.338 e. The maximum Gasteiger partial charge on any atom is 0.338 e. The second kappa shape index (κ2) is 10.8. The van der Waals surface area contributed by atoms with E-state index in [9.17, 15) is 32.9 Å². The normalized spacial score (nSPS) is 11.1. The number of nitro benzene ring substituents is 1. The Balaban J connectivity index is 1.51. The molecule has 0 aliphatic rings. The number of Topliss-reactive ketones (excluding diaryl/α,β-unsaturated/α-hetero) is 1. The number of nitrogens with zero attached hydrogens (tertiary/aromatic N) is 3. The number of nitrogens with one attached hydrogen (secondary N) is 1. The number of para-hydroxylation sites is 1. The lowest BCUT2D eigenvalue weighted by Gasteiger charge is -2.09. The van der Waals surface area contributed by atoms with Crippen molar-refractivity contribution in [1.82, 2.24) is 9.36 Å². The molecule has 0 aliphatic carbocycles. The van der Waals surface area contributed by atoms with Gasteiger partial charge in [0.25, 0.3) is 21.3 Å². The Bertz CT molecular complexity index is 1740. The van der Waals surface area contributed by atoms with Crippen LogP contribution < -0.4 is 10.3 Å². The maximum absolute atomic E-state index is 13.1. The number of ketones is 1. The molecule has 0 spiro atoms. The second-order valence-corrected chi connectivity index (χ2v) is 10.1. The monoisotopic (exact) mass is 550 g/mol. The molecule has 0 bridgehead atoms. The third-order valence-corrected chi connectivity index (χ3v) is 7.25. The fourth-order valence-electron chi connectivity index (χ4n) is 3.74. The minimum Gasteiger partial charge on any atom is -0.454 e. The molecule has 12 nitrogen and oxygen atoms in total. The van der Waals surface area contributed by atoms with Gasteiger partial charge in [-0.25, -0.2) is 17.9 Å². The summed E-state index contributed by atoms with van der Waals surface area (Å²) in [5.74, 6) is -1.55. The van der Waals surface area contributed by atoms with Crippen LogP contribution in [-0.2, 0) is 21.8 Å². The molecule has 0 saturated carbocycles. The largest absolute Gasteiger partial charge is 0.454 e. The van der Waals surface area contributed by atoms with E-state index in [4.69, 9.17) is 4.74 Å². The zero-order chi connectivity index (χ0) is 28.3. The molecule has 200 valence electrons. The van der Waals surface area contributed by atoms with Crippen molar-refractivity contribution in [2.75, 3.05) is 11.3 Å². The van der Waals surface area contributed by atoms with E-state index >= 15 is 0 Å². The van der Waals surface area contributed by atoms with Gasteiger partial charge in [0.15, 0.2) is 12.4 Å². The van der Waals surface area contributed by atoms with E-state index in [1.54, 1.807) is 44.3 Å². The summed E-state index contributed by atoms with van der Waals surface area (Å²) in [5.41, 5.74) is -0.0403. The number of sulfonamides is 1.